The summed E-state index contributed by atoms with van der Waals surface area (Å²) in [7, 11) is 0. The zero-order chi connectivity index (χ0) is 22.2. The van der Waals surface area contributed by atoms with Crippen molar-refractivity contribution >= 4 is 5.57 Å². The zero-order valence-corrected chi connectivity index (χ0v) is 17.7. The first kappa shape index (κ1) is 21.7. The van der Waals surface area contributed by atoms with Gasteiger partial charge in [0, 0.05) is 5.56 Å². The van der Waals surface area contributed by atoms with Crippen molar-refractivity contribution < 1.29 is 27.0 Å². The molecule has 2 aromatic carbocycles. The monoisotopic (exact) mass is 434 g/mol. The highest BCUT2D eigenvalue weighted by atomic mass is 19.3. The molecule has 31 heavy (non-hydrogen) atoms. The normalized spacial score (nSPS) is 18.8. The van der Waals surface area contributed by atoms with E-state index in [1.165, 1.54) is 30.5 Å². The van der Waals surface area contributed by atoms with Crippen LogP contribution in [0.2, 0.25) is 0 Å². The molecular formula is C25H26F4O2. The molecule has 2 aromatic rings. The van der Waals surface area contributed by atoms with Gasteiger partial charge in [0.25, 0.3) is 0 Å². The fraction of sp³-hybridized carbons (Fsp3) is 0.440. The highest BCUT2D eigenvalue weighted by Crippen LogP contribution is 2.55. The van der Waals surface area contributed by atoms with Gasteiger partial charge in [0.05, 0.1) is 30.1 Å². The molecule has 2 aliphatic rings. The third-order valence-corrected chi connectivity index (χ3v) is 6.08. The summed E-state index contributed by atoms with van der Waals surface area (Å²) in [5, 5.41) is 0. The van der Waals surface area contributed by atoms with Gasteiger partial charge in [-0.15, -0.1) is 0 Å². The number of hydrogen-bond donors (Lipinski definition) is 0. The predicted octanol–water partition coefficient (Wildman–Crippen LogP) is 7.58. The number of fused-ring (bicyclic) bond motifs is 3. The van der Waals surface area contributed by atoms with Crippen molar-refractivity contribution in [1.82, 2.24) is 0 Å². The summed E-state index contributed by atoms with van der Waals surface area (Å²) < 4.78 is 71.6. The summed E-state index contributed by atoms with van der Waals surface area (Å²) in [4.78, 5) is 0. The molecule has 166 valence electrons. The van der Waals surface area contributed by atoms with E-state index in [1.807, 2.05) is 0 Å². The average Bonchev–Trinajstić information content (AvgIpc) is 2.99. The van der Waals surface area contributed by atoms with Crippen molar-refractivity contribution in [2.75, 3.05) is 6.61 Å². The molecule has 0 N–H and O–H groups in total. The smallest absolute Gasteiger partial charge is 0.305 e. The van der Waals surface area contributed by atoms with Gasteiger partial charge in [0.1, 0.15) is 5.82 Å². The Hall–Kier alpha value is -2.50. The van der Waals surface area contributed by atoms with Crippen LogP contribution in [0.4, 0.5) is 17.6 Å². The molecule has 0 amide bonds. The fourth-order valence-electron chi connectivity index (χ4n) is 4.49. The number of ether oxygens (including phenoxy) is 2. The molecule has 0 aromatic heterocycles. The molecule has 2 nitrogen and oxygen atoms in total. The number of halogens is 4. The number of rotatable bonds is 7. The zero-order valence-electron chi connectivity index (χ0n) is 17.7. The van der Waals surface area contributed by atoms with E-state index < -0.39 is 28.7 Å². The van der Waals surface area contributed by atoms with Crippen LogP contribution in [-0.2, 0) is 10.7 Å². The summed E-state index contributed by atoms with van der Waals surface area (Å²) >= 11 is 0. The lowest BCUT2D eigenvalue weighted by molar-refractivity contribution is 0.0398. The third-order valence-electron chi connectivity index (χ3n) is 6.08. The van der Waals surface area contributed by atoms with Gasteiger partial charge < -0.3 is 9.47 Å². The van der Waals surface area contributed by atoms with Crippen molar-refractivity contribution in [3.05, 3.63) is 58.9 Å². The van der Waals surface area contributed by atoms with E-state index in [-0.39, 0.29) is 35.2 Å². The topological polar surface area (TPSA) is 18.5 Å². The SMILES string of the molecule is CCCCCC1CCC(c2ccc3c(c2F)C(F)(F)c2c-3ccc(OCC)c2F)=CO1. The van der Waals surface area contributed by atoms with Gasteiger partial charge in [0.15, 0.2) is 11.6 Å². The van der Waals surface area contributed by atoms with E-state index in [4.69, 9.17) is 9.47 Å². The van der Waals surface area contributed by atoms with Crippen molar-refractivity contribution in [2.24, 2.45) is 0 Å². The Morgan fingerprint density at radius 3 is 2.29 bits per heavy atom. The minimum atomic E-state index is -3.79. The maximum atomic E-state index is 15.4. The second-order valence-electron chi connectivity index (χ2n) is 8.09. The van der Waals surface area contributed by atoms with Crippen molar-refractivity contribution in [1.29, 1.82) is 0 Å². The Labute approximate surface area is 179 Å². The number of hydrogen-bond acceptors (Lipinski definition) is 2. The Kier molecular flexibility index (Phi) is 6.00. The van der Waals surface area contributed by atoms with Crippen molar-refractivity contribution in [3.63, 3.8) is 0 Å². The van der Waals surface area contributed by atoms with Gasteiger partial charge in [-0.25, -0.2) is 8.78 Å². The van der Waals surface area contributed by atoms with Crippen LogP contribution in [0.3, 0.4) is 0 Å². The van der Waals surface area contributed by atoms with Crippen LogP contribution in [-0.4, -0.2) is 12.7 Å². The molecule has 0 radical (unpaired) electrons. The van der Waals surface area contributed by atoms with Crippen molar-refractivity contribution in [3.8, 4) is 16.9 Å². The van der Waals surface area contributed by atoms with E-state index in [2.05, 4.69) is 6.92 Å². The summed E-state index contributed by atoms with van der Waals surface area (Å²) in [6, 6.07) is 5.61. The van der Waals surface area contributed by atoms with Crippen molar-refractivity contribution in [2.45, 2.75) is 64.4 Å². The molecule has 1 atom stereocenters. The molecule has 0 fully saturated rings. The molecule has 0 spiro atoms. The molecule has 1 heterocycles. The number of unbranched alkanes of at least 4 members (excludes halogenated alkanes) is 2. The van der Waals surface area contributed by atoms with E-state index in [0.29, 0.717) is 12.0 Å². The Balaban J connectivity index is 1.68. The number of allylic oxidation sites excluding steroid dienone is 1. The second-order valence-corrected chi connectivity index (χ2v) is 8.09. The summed E-state index contributed by atoms with van der Waals surface area (Å²) in [6.07, 6.45) is 7.09. The van der Waals surface area contributed by atoms with Crippen LogP contribution in [0.1, 0.15) is 69.1 Å². The Bertz CT molecular complexity index is 1010. The average molecular weight is 434 g/mol. The van der Waals surface area contributed by atoms with Crippen LogP contribution in [0.5, 0.6) is 5.75 Å². The van der Waals surface area contributed by atoms with E-state index in [9.17, 15) is 4.39 Å². The Morgan fingerprint density at radius 2 is 1.65 bits per heavy atom. The molecular weight excluding hydrogens is 408 g/mol. The van der Waals surface area contributed by atoms with E-state index in [1.54, 1.807) is 6.92 Å². The van der Waals surface area contributed by atoms with Crippen LogP contribution >= 0.6 is 0 Å². The van der Waals surface area contributed by atoms with E-state index in [0.717, 1.165) is 32.1 Å². The van der Waals surface area contributed by atoms with Crippen LogP contribution in [0.15, 0.2) is 30.5 Å². The summed E-state index contributed by atoms with van der Waals surface area (Å²) in [5.74, 6) is -6.21. The summed E-state index contributed by atoms with van der Waals surface area (Å²) in [6.45, 7) is 3.91. The highest BCUT2D eigenvalue weighted by molar-refractivity contribution is 5.83. The highest BCUT2D eigenvalue weighted by Gasteiger charge is 2.50. The molecule has 4 rings (SSSR count). The lowest BCUT2D eigenvalue weighted by Crippen LogP contribution is -2.18. The molecule has 0 bridgehead atoms. The predicted molar refractivity (Wildman–Crippen MR) is 112 cm³/mol. The van der Waals surface area contributed by atoms with Gasteiger partial charge in [-0.1, -0.05) is 31.9 Å². The third kappa shape index (κ3) is 3.70. The lowest BCUT2D eigenvalue weighted by atomic mass is 9.93. The fourth-order valence-corrected chi connectivity index (χ4v) is 4.49. The Morgan fingerprint density at radius 1 is 0.968 bits per heavy atom. The molecule has 0 saturated heterocycles. The molecule has 0 saturated carbocycles. The number of alkyl halides is 2. The number of benzene rings is 2. The minimum Gasteiger partial charge on any atom is -0.498 e. The van der Waals surface area contributed by atoms with Crippen LogP contribution in [0, 0.1) is 11.6 Å². The van der Waals surface area contributed by atoms with Gasteiger partial charge in [0.2, 0.25) is 0 Å². The first-order chi connectivity index (χ1) is 14.9. The van der Waals surface area contributed by atoms with Gasteiger partial charge in [-0.05, 0) is 61.4 Å². The quantitative estimate of drug-likeness (QED) is 0.330. The molecule has 1 aliphatic carbocycles. The second kappa shape index (κ2) is 8.56. The minimum absolute atomic E-state index is 0.00346. The van der Waals surface area contributed by atoms with Gasteiger partial charge in [-0.2, -0.15) is 8.78 Å². The molecule has 1 unspecified atom stereocenters. The lowest BCUT2D eigenvalue weighted by Gasteiger charge is -2.24. The van der Waals surface area contributed by atoms with Crippen LogP contribution < -0.4 is 4.74 Å². The standard InChI is InChI=1S/C25H26F4O2/c1-3-5-6-7-16-9-8-15(14-31-16)17-10-11-18-19-12-13-20(30-4-2)24(27)22(19)25(28,29)21(18)23(17)26/h10-14,16H,3-9H2,1-2H3. The van der Waals surface area contributed by atoms with Gasteiger partial charge >= 0.3 is 5.92 Å². The largest absolute Gasteiger partial charge is 0.498 e. The molecule has 6 heteroatoms. The maximum Gasteiger partial charge on any atom is 0.305 e. The maximum absolute atomic E-state index is 15.4. The van der Waals surface area contributed by atoms with Crippen LogP contribution in [0.25, 0.3) is 16.7 Å². The first-order valence-corrected chi connectivity index (χ1v) is 10.9. The van der Waals surface area contributed by atoms with Gasteiger partial charge in [-0.3, -0.25) is 0 Å². The molecule has 1 aliphatic heterocycles. The van der Waals surface area contributed by atoms with E-state index >= 15 is 13.2 Å². The summed E-state index contributed by atoms with van der Waals surface area (Å²) in [5.41, 5.74) is -0.958. The first-order valence-electron chi connectivity index (χ1n) is 10.9.